The summed E-state index contributed by atoms with van der Waals surface area (Å²) in [7, 11) is 0. The standard InChI is InChI=1S/C19H25N5O2/c1-13(2)12-24-19-16(11-21-24)15(10-17(25)22-19)14-4-3-5-20-18(14)23-6-8-26-9-7-23/h3-5,11,13,15H,6-10,12H2,1-2H3,(H,22,25). The van der Waals surface area contributed by atoms with Gasteiger partial charge >= 0.3 is 0 Å². The molecule has 1 amide bonds. The number of nitrogens with one attached hydrogen (secondary N) is 1. The van der Waals surface area contributed by atoms with Crippen molar-refractivity contribution in [2.45, 2.75) is 32.7 Å². The van der Waals surface area contributed by atoms with E-state index in [1.165, 1.54) is 0 Å². The van der Waals surface area contributed by atoms with E-state index in [-0.39, 0.29) is 11.8 Å². The second-order valence-corrected chi connectivity index (χ2v) is 7.35. The summed E-state index contributed by atoms with van der Waals surface area (Å²) in [4.78, 5) is 19.3. The minimum absolute atomic E-state index is 0.0220. The van der Waals surface area contributed by atoms with Crippen molar-refractivity contribution in [1.29, 1.82) is 0 Å². The van der Waals surface area contributed by atoms with Crippen LogP contribution in [0.15, 0.2) is 24.5 Å². The molecule has 7 nitrogen and oxygen atoms in total. The van der Waals surface area contributed by atoms with Gasteiger partial charge in [-0.1, -0.05) is 19.9 Å². The molecule has 2 aromatic heterocycles. The van der Waals surface area contributed by atoms with Crippen molar-refractivity contribution in [3.8, 4) is 0 Å². The van der Waals surface area contributed by atoms with Crippen molar-refractivity contribution in [3.05, 3.63) is 35.7 Å². The van der Waals surface area contributed by atoms with E-state index < -0.39 is 0 Å². The van der Waals surface area contributed by atoms with Crippen molar-refractivity contribution in [3.63, 3.8) is 0 Å². The van der Waals surface area contributed by atoms with Gasteiger partial charge in [0.2, 0.25) is 5.91 Å². The molecule has 4 heterocycles. The molecule has 2 aromatic rings. The Kier molecular flexibility index (Phi) is 4.63. The first-order valence-electron chi connectivity index (χ1n) is 9.26. The predicted molar refractivity (Wildman–Crippen MR) is 99.4 cm³/mol. The number of aromatic nitrogens is 3. The Morgan fingerprint density at radius 3 is 2.88 bits per heavy atom. The maximum absolute atomic E-state index is 12.4. The molecule has 0 aromatic carbocycles. The van der Waals surface area contributed by atoms with E-state index in [4.69, 9.17) is 4.74 Å². The highest BCUT2D eigenvalue weighted by Gasteiger charge is 2.32. The number of fused-ring (bicyclic) bond motifs is 1. The molecule has 7 heteroatoms. The van der Waals surface area contributed by atoms with Gasteiger partial charge in [-0.2, -0.15) is 5.10 Å². The van der Waals surface area contributed by atoms with Crippen molar-refractivity contribution in [1.82, 2.24) is 14.8 Å². The second kappa shape index (κ2) is 7.07. The molecule has 1 N–H and O–H groups in total. The molecule has 0 saturated carbocycles. The van der Waals surface area contributed by atoms with Crippen LogP contribution >= 0.6 is 0 Å². The number of pyridine rings is 1. The van der Waals surface area contributed by atoms with E-state index in [0.717, 1.165) is 42.4 Å². The van der Waals surface area contributed by atoms with E-state index in [9.17, 15) is 4.79 Å². The number of ether oxygens (including phenoxy) is 1. The third-order valence-electron chi connectivity index (χ3n) is 4.93. The van der Waals surface area contributed by atoms with E-state index in [1.807, 2.05) is 23.1 Å². The number of amides is 1. The monoisotopic (exact) mass is 355 g/mol. The van der Waals surface area contributed by atoms with Gasteiger partial charge in [0.25, 0.3) is 0 Å². The Hall–Kier alpha value is -2.41. The number of carbonyl (C=O) groups is 1. The summed E-state index contributed by atoms with van der Waals surface area (Å²) in [5.41, 5.74) is 2.17. The van der Waals surface area contributed by atoms with Crippen LogP contribution in [0.1, 0.15) is 37.3 Å². The molecular weight excluding hydrogens is 330 g/mol. The van der Waals surface area contributed by atoms with Crippen LogP contribution in [0, 0.1) is 5.92 Å². The van der Waals surface area contributed by atoms with Crippen LogP contribution in [0.4, 0.5) is 11.6 Å². The molecule has 26 heavy (non-hydrogen) atoms. The lowest BCUT2D eigenvalue weighted by Gasteiger charge is -2.32. The second-order valence-electron chi connectivity index (χ2n) is 7.35. The Morgan fingerprint density at radius 2 is 2.12 bits per heavy atom. The summed E-state index contributed by atoms with van der Waals surface area (Å²) in [5, 5.41) is 7.56. The van der Waals surface area contributed by atoms with E-state index >= 15 is 0 Å². The quantitative estimate of drug-likeness (QED) is 0.911. The Labute approximate surface area is 153 Å². The summed E-state index contributed by atoms with van der Waals surface area (Å²) < 4.78 is 7.38. The number of nitrogens with zero attached hydrogens (tertiary/aromatic N) is 4. The van der Waals surface area contributed by atoms with Gasteiger partial charge in [-0.15, -0.1) is 0 Å². The van der Waals surface area contributed by atoms with Crippen molar-refractivity contribution in [2.75, 3.05) is 36.5 Å². The zero-order valence-corrected chi connectivity index (χ0v) is 15.3. The summed E-state index contributed by atoms with van der Waals surface area (Å²) >= 11 is 0. The van der Waals surface area contributed by atoms with Gasteiger partial charge in [0.15, 0.2) is 0 Å². The fourth-order valence-corrected chi connectivity index (χ4v) is 3.75. The average Bonchev–Trinajstić information content (AvgIpc) is 3.04. The fourth-order valence-electron chi connectivity index (χ4n) is 3.75. The highest BCUT2D eigenvalue weighted by atomic mass is 16.5. The number of morpholine rings is 1. The lowest BCUT2D eigenvalue weighted by molar-refractivity contribution is -0.116. The maximum Gasteiger partial charge on any atom is 0.226 e. The molecule has 0 radical (unpaired) electrons. The molecule has 1 atom stereocenters. The third kappa shape index (κ3) is 3.19. The average molecular weight is 355 g/mol. The minimum atomic E-state index is -0.0220. The van der Waals surface area contributed by atoms with Gasteiger partial charge in [-0.3, -0.25) is 4.79 Å². The lowest BCUT2D eigenvalue weighted by atomic mass is 9.87. The largest absolute Gasteiger partial charge is 0.378 e. The summed E-state index contributed by atoms with van der Waals surface area (Å²) in [5.74, 6) is 2.25. The number of carbonyl (C=O) groups excluding carboxylic acids is 1. The molecular formula is C19H25N5O2. The Balaban J connectivity index is 1.73. The molecule has 1 unspecified atom stereocenters. The van der Waals surface area contributed by atoms with Crippen molar-refractivity contribution in [2.24, 2.45) is 5.92 Å². The maximum atomic E-state index is 12.4. The van der Waals surface area contributed by atoms with Crippen LogP contribution in [-0.4, -0.2) is 47.0 Å². The number of hydrogen-bond acceptors (Lipinski definition) is 5. The summed E-state index contributed by atoms with van der Waals surface area (Å²) in [6, 6.07) is 4.04. The van der Waals surface area contributed by atoms with Gasteiger partial charge in [-0.25, -0.2) is 9.67 Å². The number of hydrogen-bond donors (Lipinski definition) is 1. The Morgan fingerprint density at radius 1 is 1.31 bits per heavy atom. The number of rotatable bonds is 4. The van der Waals surface area contributed by atoms with Crippen LogP contribution in [-0.2, 0) is 16.1 Å². The molecule has 2 aliphatic heterocycles. The van der Waals surface area contributed by atoms with E-state index in [2.05, 4.69) is 40.2 Å². The molecule has 1 saturated heterocycles. The lowest BCUT2D eigenvalue weighted by Crippen LogP contribution is -2.38. The molecule has 0 bridgehead atoms. The SMILES string of the molecule is CC(C)Cn1ncc2c1NC(=O)CC2c1cccnc1N1CCOCC1. The first kappa shape index (κ1) is 17.0. The highest BCUT2D eigenvalue weighted by Crippen LogP contribution is 2.40. The van der Waals surface area contributed by atoms with Gasteiger partial charge < -0.3 is 15.0 Å². The molecule has 0 aliphatic carbocycles. The molecule has 0 spiro atoms. The molecule has 138 valence electrons. The topological polar surface area (TPSA) is 72.3 Å². The molecule has 4 rings (SSSR count). The van der Waals surface area contributed by atoms with Crippen LogP contribution in [0.5, 0.6) is 0 Å². The summed E-state index contributed by atoms with van der Waals surface area (Å²) in [6.07, 6.45) is 4.14. The Bertz CT molecular complexity index is 795. The van der Waals surface area contributed by atoms with Crippen LogP contribution < -0.4 is 10.2 Å². The van der Waals surface area contributed by atoms with Crippen LogP contribution in [0.2, 0.25) is 0 Å². The van der Waals surface area contributed by atoms with Crippen molar-refractivity contribution < 1.29 is 9.53 Å². The van der Waals surface area contributed by atoms with E-state index in [0.29, 0.717) is 25.6 Å². The normalized spacial score (nSPS) is 20.2. The third-order valence-corrected chi connectivity index (χ3v) is 4.93. The van der Waals surface area contributed by atoms with Crippen LogP contribution in [0.25, 0.3) is 0 Å². The zero-order valence-electron chi connectivity index (χ0n) is 15.3. The first-order chi connectivity index (χ1) is 12.6. The van der Waals surface area contributed by atoms with E-state index in [1.54, 1.807) is 0 Å². The fraction of sp³-hybridized carbons (Fsp3) is 0.526. The minimum Gasteiger partial charge on any atom is -0.378 e. The predicted octanol–water partition coefficient (Wildman–Crippen LogP) is 2.24. The number of anilines is 2. The zero-order chi connectivity index (χ0) is 18.1. The first-order valence-corrected chi connectivity index (χ1v) is 9.26. The van der Waals surface area contributed by atoms with Crippen molar-refractivity contribution >= 4 is 17.5 Å². The summed E-state index contributed by atoms with van der Waals surface area (Å²) in [6.45, 7) is 8.13. The molecule has 1 fully saturated rings. The van der Waals surface area contributed by atoms with Gasteiger partial charge in [0.1, 0.15) is 11.6 Å². The van der Waals surface area contributed by atoms with Gasteiger partial charge in [0.05, 0.1) is 19.4 Å². The van der Waals surface area contributed by atoms with Gasteiger partial charge in [0, 0.05) is 49.3 Å². The van der Waals surface area contributed by atoms with Gasteiger partial charge in [-0.05, 0) is 12.0 Å². The highest BCUT2D eigenvalue weighted by molar-refractivity contribution is 5.94. The van der Waals surface area contributed by atoms with Crippen LogP contribution in [0.3, 0.4) is 0 Å². The smallest absolute Gasteiger partial charge is 0.226 e. The molecule has 2 aliphatic rings.